The Morgan fingerprint density at radius 1 is 1.44 bits per heavy atom. The Kier molecular flexibility index (Phi) is 2.40. The molecule has 0 radical (unpaired) electrons. The molecule has 0 N–H and O–H groups in total. The number of furan rings is 1. The van der Waals surface area contributed by atoms with Gasteiger partial charge in [-0.3, -0.25) is 4.79 Å². The average molecular weight is 232 g/mol. The van der Waals surface area contributed by atoms with Gasteiger partial charge in [0.25, 0.3) is 0 Å². The number of Topliss-reactive ketones (excluding diaryl/α,β-unsaturated/α-hetero) is 1. The van der Waals surface area contributed by atoms with Gasteiger partial charge in [-0.25, -0.2) is 0 Å². The van der Waals surface area contributed by atoms with E-state index in [9.17, 15) is 4.79 Å². The van der Waals surface area contributed by atoms with Gasteiger partial charge in [-0.15, -0.1) is 11.3 Å². The standard InChI is InChI=1S/C13H12O2S/c14-13(9-4-6-15-8-9)11-2-1-3-12-10(11)5-7-16-12/h4-8,11H,1-3H2. The minimum absolute atomic E-state index is 0.0487. The summed E-state index contributed by atoms with van der Waals surface area (Å²) < 4.78 is 4.98. The lowest BCUT2D eigenvalue weighted by Crippen LogP contribution is -2.16. The van der Waals surface area contributed by atoms with Crippen LogP contribution in [0.5, 0.6) is 0 Å². The number of hydrogen-bond donors (Lipinski definition) is 0. The molecule has 1 aliphatic rings. The van der Waals surface area contributed by atoms with Crippen LogP contribution < -0.4 is 0 Å². The van der Waals surface area contributed by atoms with Crippen LogP contribution >= 0.6 is 11.3 Å². The molecule has 0 saturated carbocycles. The van der Waals surface area contributed by atoms with E-state index in [2.05, 4.69) is 11.4 Å². The summed E-state index contributed by atoms with van der Waals surface area (Å²) in [5.74, 6) is 0.251. The summed E-state index contributed by atoms with van der Waals surface area (Å²) in [5, 5.41) is 2.09. The molecule has 3 rings (SSSR count). The van der Waals surface area contributed by atoms with Crippen molar-refractivity contribution in [2.75, 3.05) is 0 Å². The van der Waals surface area contributed by atoms with Crippen molar-refractivity contribution in [3.05, 3.63) is 46.0 Å². The maximum atomic E-state index is 12.3. The highest BCUT2D eigenvalue weighted by atomic mass is 32.1. The van der Waals surface area contributed by atoms with E-state index in [0.29, 0.717) is 5.56 Å². The van der Waals surface area contributed by atoms with E-state index in [4.69, 9.17) is 4.42 Å². The zero-order chi connectivity index (χ0) is 11.0. The molecule has 82 valence electrons. The number of thiophene rings is 1. The van der Waals surface area contributed by atoms with Crippen molar-refractivity contribution in [1.29, 1.82) is 0 Å². The van der Waals surface area contributed by atoms with Gasteiger partial charge < -0.3 is 4.42 Å². The van der Waals surface area contributed by atoms with Gasteiger partial charge in [-0.05, 0) is 42.3 Å². The second-order valence-corrected chi connectivity index (χ2v) is 5.12. The number of ketones is 1. The molecular weight excluding hydrogens is 220 g/mol. The molecule has 2 heterocycles. The highest BCUT2D eigenvalue weighted by Crippen LogP contribution is 2.36. The van der Waals surface area contributed by atoms with E-state index in [1.165, 1.54) is 10.4 Å². The largest absolute Gasteiger partial charge is 0.472 e. The summed E-state index contributed by atoms with van der Waals surface area (Å²) in [6.45, 7) is 0. The SMILES string of the molecule is O=C(c1ccoc1)C1CCCc2sccc21. The van der Waals surface area contributed by atoms with Crippen molar-refractivity contribution in [2.24, 2.45) is 0 Å². The summed E-state index contributed by atoms with van der Waals surface area (Å²) in [5.41, 5.74) is 1.94. The number of rotatable bonds is 2. The van der Waals surface area contributed by atoms with Gasteiger partial charge >= 0.3 is 0 Å². The Morgan fingerprint density at radius 3 is 3.19 bits per heavy atom. The van der Waals surface area contributed by atoms with E-state index in [1.54, 1.807) is 29.9 Å². The number of hydrogen-bond acceptors (Lipinski definition) is 3. The van der Waals surface area contributed by atoms with Crippen LogP contribution in [0.4, 0.5) is 0 Å². The van der Waals surface area contributed by atoms with Gasteiger partial charge in [0.05, 0.1) is 11.8 Å². The first-order valence-corrected chi connectivity index (χ1v) is 6.37. The third kappa shape index (κ3) is 1.52. The van der Waals surface area contributed by atoms with Crippen LogP contribution in [0, 0.1) is 0 Å². The fourth-order valence-corrected chi connectivity index (χ4v) is 3.35. The first-order chi connectivity index (χ1) is 7.86. The zero-order valence-corrected chi connectivity index (χ0v) is 9.63. The molecule has 0 saturated heterocycles. The summed E-state index contributed by atoms with van der Waals surface area (Å²) in [7, 11) is 0. The molecule has 0 aromatic carbocycles. The second kappa shape index (κ2) is 3.91. The summed E-state index contributed by atoms with van der Waals surface area (Å²) in [6, 6.07) is 3.85. The molecule has 2 nitrogen and oxygen atoms in total. The molecule has 16 heavy (non-hydrogen) atoms. The number of carbonyl (C=O) groups is 1. The Hall–Kier alpha value is -1.35. The first kappa shape index (κ1) is 9.85. The molecule has 3 heteroatoms. The van der Waals surface area contributed by atoms with Crippen molar-refractivity contribution >= 4 is 17.1 Å². The van der Waals surface area contributed by atoms with Gasteiger partial charge in [0.2, 0.25) is 0 Å². The fourth-order valence-electron chi connectivity index (χ4n) is 2.36. The van der Waals surface area contributed by atoms with Crippen molar-refractivity contribution in [1.82, 2.24) is 0 Å². The molecule has 1 atom stereocenters. The Bertz CT molecular complexity index is 496. The predicted octanol–water partition coefficient (Wildman–Crippen LogP) is 3.64. The molecule has 0 bridgehead atoms. The van der Waals surface area contributed by atoms with Gasteiger partial charge in [-0.2, -0.15) is 0 Å². The van der Waals surface area contributed by atoms with Crippen LogP contribution in [0.15, 0.2) is 34.5 Å². The van der Waals surface area contributed by atoms with Crippen molar-refractivity contribution in [3.8, 4) is 0 Å². The molecule has 0 fully saturated rings. The molecule has 1 aliphatic carbocycles. The molecule has 2 aromatic heterocycles. The Morgan fingerprint density at radius 2 is 2.38 bits per heavy atom. The topological polar surface area (TPSA) is 30.2 Å². The van der Waals surface area contributed by atoms with Crippen molar-refractivity contribution in [2.45, 2.75) is 25.2 Å². The summed E-state index contributed by atoms with van der Waals surface area (Å²) in [6.07, 6.45) is 6.31. The Labute approximate surface area is 97.9 Å². The first-order valence-electron chi connectivity index (χ1n) is 5.49. The van der Waals surface area contributed by atoms with Gasteiger partial charge in [-0.1, -0.05) is 0 Å². The van der Waals surface area contributed by atoms with Crippen LogP contribution in [-0.2, 0) is 6.42 Å². The minimum atomic E-state index is 0.0487. The lowest BCUT2D eigenvalue weighted by Gasteiger charge is -2.20. The van der Waals surface area contributed by atoms with Crippen LogP contribution in [0.2, 0.25) is 0 Å². The van der Waals surface area contributed by atoms with E-state index in [1.807, 2.05) is 0 Å². The quantitative estimate of drug-likeness (QED) is 0.740. The highest BCUT2D eigenvalue weighted by molar-refractivity contribution is 7.10. The fraction of sp³-hybridized carbons (Fsp3) is 0.308. The normalized spacial score (nSPS) is 19.4. The van der Waals surface area contributed by atoms with Crippen molar-refractivity contribution in [3.63, 3.8) is 0 Å². The van der Waals surface area contributed by atoms with E-state index < -0.39 is 0 Å². The molecule has 2 aromatic rings. The zero-order valence-electron chi connectivity index (χ0n) is 8.81. The van der Waals surface area contributed by atoms with Gasteiger partial charge in [0, 0.05) is 10.8 Å². The molecule has 0 amide bonds. The number of aryl methyl sites for hydroxylation is 1. The number of fused-ring (bicyclic) bond motifs is 1. The molecule has 0 aliphatic heterocycles. The monoisotopic (exact) mass is 232 g/mol. The predicted molar refractivity (Wildman–Crippen MR) is 63.0 cm³/mol. The van der Waals surface area contributed by atoms with Crippen LogP contribution in [-0.4, -0.2) is 5.78 Å². The summed E-state index contributed by atoms with van der Waals surface area (Å²) >= 11 is 1.77. The smallest absolute Gasteiger partial charge is 0.173 e. The molecular formula is C13H12O2S. The van der Waals surface area contributed by atoms with Gasteiger partial charge in [0.1, 0.15) is 6.26 Å². The summed E-state index contributed by atoms with van der Waals surface area (Å²) in [4.78, 5) is 13.6. The third-order valence-corrected chi connectivity index (χ3v) is 4.17. The maximum Gasteiger partial charge on any atom is 0.173 e. The van der Waals surface area contributed by atoms with Crippen LogP contribution in [0.3, 0.4) is 0 Å². The van der Waals surface area contributed by atoms with Crippen LogP contribution in [0.1, 0.15) is 39.6 Å². The van der Waals surface area contributed by atoms with E-state index >= 15 is 0 Å². The third-order valence-electron chi connectivity index (χ3n) is 3.17. The molecule has 0 spiro atoms. The average Bonchev–Trinajstić information content (AvgIpc) is 2.98. The van der Waals surface area contributed by atoms with Gasteiger partial charge in [0.15, 0.2) is 5.78 Å². The maximum absolute atomic E-state index is 12.3. The number of carbonyl (C=O) groups excluding carboxylic acids is 1. The highest BCUT2D eigenvalue weighted by Gasteiger charge is 2.28. The van der Waals surface area contributed by atoms with E-state index in [0.717, 1.165) is 19.3 Å². The van der Waals surface area contributed by atoms with Crippen molar-refractivity contribution < 1.29 is 9.21 Å². The van der Waals surface area contributed by atoms with Crippen LogP contribution in [0.25, 0.3) is 0 Å². The minimum Gasteiger partial charge on any atom is -0.472 e. The second-order valence-electron chi connectivity index (χ2n) is 4.12. The van der Waals surface area contributed by atoms with E-state index in [-0.39, 0.29) is 11.7 Å². The molecule has 1 unspecified atom stereocenters. The lowest BCUT2D eigenvalue weighted by molar-refractivity contribution is 0.0951. The lowest BCUT2D eigenvalue weighted by atomic mass is 9.83. The Balaban J connectivity index is 1.96.